The number of carbonyl (C=O) groups excluding carboxylic acids is 4. The molecule has 0 atom stereocenters. The maximum atomic E-state index is 13.1. The van der Waals surface area contributed by atoms with Gasteiger partial charge in [-0.1, -0.05) is 42.2 Å². The van der Waals surface area contributed by atoms with Gasteiger partial charge in [0.15, 0.2) is 0 Å². The molecule has 0 radical (unpaired) electrons. The number of fused-ring (bicyclic) bond motifs is 2. The Hall–Kier alpha value is -4.22. The van der Waals surface area contributed by atoms with Crippen molar-refractivity contribution in [3.8, 4) is 11.8 Å². The Kier molecular flexibility index (Phi) is 8.27. The van der Waals surface area contributed by atoms with Crippen LogP contribution in [0.2, 0.25) is 0 Å². The number of amides is 4. The zero-order valence-corrected chi connectivity index (χ0v) is 19.9. The minimum Gasteiger partial charge on any atom is -0.380 e. The fraction of sp³-hybridized carbons (Fsp3) is 0.286. The molecule has 0 fully saturated rings. The molecule has 8 heteroatoms. The van der Waals surface area contributed by atoms with Crippen LogP contribution in [0.4, 0.5) is 10.5 Å². The van der Waals surface area contributed by atoms with Crippen molar-refractivity contribution in [2.45, 2.75) is 25.8 Å². The summed E-state index contributed by atoms with van der Waals surface area (Å²) in [6, 6.07) is 15.1. The Balaban J connectivity index is 1.18. The van der Waals surface area contributed by atoms with Crippen molar-refractivity contribution >= 4 is 29.3 Å². The summed E-state index contributed by atoms with van der Waals surface area (Å²) in [4.78, 5) is 50.8. The van der Waals surface area contributed by atoms with E-state index in [-0.39, 0.29) is 36.6 Å². The summed E-state index contributed by atoms with van der Waals surface area (Å²) in [5, 5.41) is 2.90. The van der Waals surface area contributed by atoms with E-state index in [0.717, 1.165) is 27.3 Å². The van der Waals surface area contributed by atoms with Gasteiger partial charge in [-0.05, 0) is 30.2 Å². The molecule has 36 heavy (non-hydrogen) atoms. The quantitative estimate of drug-likeness (QED) is 0.317. The molecule has 0 aliphatic carbocycles. The second kappa shape index (κ2) is 12.0. The lowest BCUT2D eigenvalue weighted by molar-refractivity contribution is -0.137. The summed E-state index contributed by atoms with van der Waals surface area (Å²) < 4.78 is 5.57. The van der Waals surface area contributed by atoms with Gasteiger partial charge in [0.25, 0.3) is 11.8 Å². The molecular weight excluding hydrogens is 458 g/mol. The van der Waals surface area contributed by atoms with Crippen molar-refractivity contribution in [2.75, 3.05) is 31.2 Å². The highest BCUT2D eigenvalue weighted by Crippen LogP contribution is 2.25. The van der Waals surface area contributed by atoms with Crippen LogP contribution in [0.3, 0.4) is 0 Å². The number of urea groups is 1. The number of ketones is 1. The third kappa shape index (κ3) is 6.26. The lowest BCUT2D eigenvalue weighted by Gasteiger charge is -2.26. The first-order valence-electron chi connectivity index (χ1n) is 11.9. The van der Waals surface area contributed by atoms with Crippen LogP contribution in [-0.2, 0) is 25.7 Å². The summed E-state index contributed by atoms with van der Waals surface area (Å²) in [5.41, 5.74) is 3.42. The van der Waals surface area contributed by atoms with Crippen LogP contribution >= 0.6 is 0 Å². The predicted octanol–water partition coefficient (Wildman–Crippen LogP) is 2.80. The van der Waals surface area contributed by atoms with Gasteiger partial charge >= 0.3 is 6.03 Å². The highest BCUT2D eigenvalue weighted by molar-refractivity contribution is 6.13. The number of nitrogens with zero attached hydrogens (tertiary/aromatic N) is 2. The number of Topliss-reactive ketones (excluding diaryl/α,β-unsaturated/α-hetero) is 1. The number of para-hydroxylation sites is 1. The summed E-state index contributed by atoms with van der Waals surface area (Å²) in [5.74, 6) is 5.58. The lowest BCUT2D eigenvalue weighted by Crippen LogP contribution is -2.41. The molecule has 2 aliphatic heterocycles. The van der Waals surface area contributed by atoms with Gasteiger partial charge in [-0.2, -0.15) is 0 Å². The van der Waals surface area contributed by atoms with Crippen LogP contribution in [0.1, 0.15) is 36.0 Å². The van der Waals surface area contributed by atoms with E-state index < -0.39 is 0 Å². The molecule has 0 unspecified atom stereocenters. The number of rotatable bonds is 10. The number of benzene rings is 2. The highest BCUT2D eigenvalue weighted by atomic mass is 16.5. The third-order valence-corrected chi connectivity index (χ3v) is 5.90. The zero-order chi connectivity index (χ0) is 25.3. The molecule has 0 saturated heterocycles. The molecule has 2 aromatic rings. The minimum absolute atomic E-state index is 0.0291. The number of hydrogen-bond donors (Lipinski definition) is 1. The van der Waals surface area contributed by atoms with Crippen LogP contribution in [0, 0.1) is 11.8 Å². The molecule has 2 aromatic carbocycles. The zero-order valence-electron chi connectivity index (χ0n) is 19.9. The van der Waals surface area contributed by atoms with Gasteiger partial charge in [0.1, 0.15) is 5.78 Å². The third-order valence-electron chi connectivity index (χ3n) is 5.90. The lowest BCUT2D eigenvalue weighted by atomic mass is 10.0. The number of nitrogens with one attached hydrogen (secondary N) is 1. The van der Waals surface area contributed by atoms with Gasteiger partial charge in [-0.15, -0.1) is 0 Å². The summed E-state index contributed by atoms with van der Waals surface area (Å²) in [6.45, 7) is 1.52. The molecule has 4 rings (SSSR count). The molecule has 0 aromatic heterocycles. The Bertz CT molecular complexity index is 1240. The van der Waals surface area contributed by atoms with E-state index in [0.29, 0.717) is 39.1 Å². The van der Waals surface area contributed by atoms with Crippen molar-refractivity contribution in [1.29, 1.82) is 0 Å². The monoisotopic (exact) mass is 485 g/mol. The van der Waals surface area contributed by atoms with E-state index >= 15 is 0 Å². The average molecular weight is 486 g/mol. The SMILES string of the molecule is O=C(CCCOCCNC(=O)N1Cc2ccccc2C#Cc2ccccc21)CCN1C(=O)C=CC1=O. The maximum absolute atomic E-state index is 13.1. The van der Waals surface area contributed by atoms with Crippen LogP contribution in [0.15, 0.2) is 60.7 Å². The van der Waals surface area contributed by atoms with E-state index in [1.54, 1.807) is 4.90 Å². The fourth-order valence-corrected chi connectivity index (χ4v) is 3.98. The van der Waals surface area contributed by atoms with Gasteiger partial charge in [0.05, 0.1) is 18.8 Å². The predicted molar refractivity (Wildman–Crippen MR) is 134 cm³/mol. The van der Waals surface area contributed by atoms with E-state index in [1.165, 1.54) is 12.2 Å². The smallest absolute Gasteiger partial charge is 0.322 e. The number of anilines is 1. The van der Waals surface area contributed by atoms with Crippen molar-refractivity contribution in [3.63, 3.8) is 0 Å². The molecule has 2 aliphatic rings. The number of carbonyl (C=O) groups is 4. The van der Waals surface area contributed by atoms with E-state index in [2.05, 4.69) is 17.2 Å². The summed E-state index contributed by atoms with van der Waals surface area (Å²) in [7, 11) is 0. The number of ether oxygens (including phenoxy) is 1. The molecule has 0 bridgehead atoms. The van der Waals surface area contributed by atoms with Crippen LogP contribution in [0.25, 0.3) is 0 Å². The Labute approximate surface area is 209 Å². The van der Waals surface area contributed by atoms with E-state index in [1.807, 2.05) is 48.5 Å². The van der Waals surface area contributed by atoms with Gasteiger partial charge < -0.3 is 10.1 Å². The minimum atomic E-state index is -0.380. The van der Waals surface area contributed by atoms with Crippen molar-refractivity contribution < 1.29 is 23.9 Å². The Morgan fingerprint density at radius 2 is 1.58 bits per heavy atom. The first-order chi connectivity index (χ1) is 17.5. The molecule has 0 spiro atoms. The van der Waals surface area contributed by atoms with Crippen LogP contribution < -0.4 is 10.2 Å². The molecule has 4 amide bonds. The maximum Gasteiger partial charge on any atom is 0.322 e. The number of hydrogen-bond acceptors (Lipinski definition) is 5. The van der Waals surface area contributed by atoms with Gasteiger partial charge in [-0.3, -0.25) is 24.2 Å². The second-order valence-corrected chi connectivity index (χ2v) is 8.41. The average Bonchev–Trinajstić information content (AvgIpc) is 3.20. The Morgan fingerprint density at radius 3 is 2.39 bits per heavy atom. The second-order valence-electron chi connectivity index (χ2n) is 8.41. The standard InChI is InChI=1S/C28H27N3O5/c32-24(15-17-30-26(33)13-14-27(30)34)9-5-18-36-19-16-29-28(35)31-20-23-8-2-1-6-21(23)11-12-22-7-3-4-10-25(22)31/h1-4,6-8,10,13-14H,5,9,15-20H2,(H,29,35). The molecule has 8 nitrogen and oxygen atoms in total. The van der Waals surface area contributed by atoms with E-state index in [9.17, 15) is 19.2 Å². The fourth-order valence-electron chi connectivity index (χ4n) is 3.98. The van der Waals surface area contributed by atoms with Crippen molar-refractivity contribution in [2.24, 2.45) is 0 Å². The first-order valence-corrected chi connectivity index (χ1v) is 11.9. The highest BCUT2D eigenvalue weighted by Gasteiger charge is 2.23. The van der Waals surface area contributed by atoms with Crippen LogP contribution in [0.5, 0.6) is 0 Å². The van der Waals surface area contributed by atoms with Gasteiger partial charge in [0.2, 0.25) is 0 Å². The topological polar surface area (TPSA) is 96.0 Å². The summed E-state index contributed by atoms with van der Waals surface area (Å²) >= 11 is 0. The Morgan fingerprint density at radius 1 is 0.889 bits per heavy atom. The van der Waals surface area contributed by atoms with Crippen molar-refractivity contribution in [3.05, 3.63) is 77.4 Å². The largest absolute Gasteiger partial charge is 0.380 e. The first kappa shape index (κ1) is 24.9. The van der Waals surface area contributed by atoms with Crippen molar-refractivity contribution in [1.82, 2.24) is 10.2 Å². The molecular formula is C28H27N3O5. The molecule has 0 saturated carbocycles. The van der Waals surface area contributed by atoms with Crippen LogP contribution in [-0.4, -0.2) is 54.8 Å². The normalized spacial score (nSPS) is 13.9. The molecule has 1 N–H and O–H groups in total. The summed E-state index contributed by atoms with van der Waals surface area (Å²) in [6.07, 6.45) is 3.39. The van der Waals surface area contributed by atoms with Gasteiger partial charge in [-0.25, -0.2) is 4.79 Å². The molecule has 2 heterocycles. The number of imide groups is 1. The van der Waals surface area contributed by atoms with Gasteiger partial charge in [0, 0.05) is 55.8 Å². The molecule has 184 valence electrons. The van der Waals surface area contributed by atoms with E-state index in [4.69, 9.17) is 4.74 Å².